The second kappa shape index (κ2) is 4.70. The van der Waals surface area contributed by atoms with Gasteiger partial charge in [-0.15, -0.1) is 0 Å². The number of hydrogen-bond acceptors (Lipinski definition) is 4. The van der Waals surface area contributed by atoms with Crippen LogP contribution in [0.4, 0.5) is 5.69 Å². The van der Waals surface area contributed by atoms with E-state index in [4.69, 9.17) is 10.5 Å². The molecule has 0 aliphatic carbocycles. The van der Waals surface area contributed by atoms with Crippen molar-refractivity contribution in [2.24, 2.45) is 0 Å². The summed E-state index contributed by atoms with van der Waals surface area (Å²) in [4.78, 5) is 0.160. The Hall–Kier alpha value is -2.01. The number of sulfone groups is 1. The van der Waals surface area contributed by atoms with Crippen molar-refractivity contribution in [3.8, 4) is 11.5 Å². The van der Waals surface area contributed by atoms with Gasteiger partial charge in [-0.3, -0.25) is 0 Å². The number of anilines is 1. The fraction of sp³-hybridized carbons (Fsp3) is 0.0769. The average Bonchev–Trinajstić information content (AvgIpc) is 2.28. The van der Waals surface area contributed by atoms with Gasteiger partial charge in [-0.25, -0.2) is 8.42 Å². The van der Waals surface area contributed by atoms with Crippen LogP contribution in [0.15, 0.2) is 53.4 Å². The zero-order valence-corrected chi connectivity index (χ0v) is 10.6. The molecule has 4 nitrogen and oxygen atoms in total. The van der Waals surface area contributed by atoms with Gasteiger partial charge in [-0.1, -0.05) is 18.2 Å². The zero-order chi connectivity index (χ0) is 13.2. The maximum Gasteiger partial charge on any atom is 0.179 e. The van der Waals surface area contributed by atoms with Crippen LogP contribution in [-0.4, -0.2) is 14.7 Å². The second-order valence-corrected chi connectivity index (χ2v) is 5.88. The Bertz CT molecular complexity index is 665. The van der Waals surface area contributed by atoms with Crippen molar-refractivity contribution in [1.29, 1.82) is 0 Å². The van der Waals surface area contributed by atoms with E-state index in [0.717, 1.165) is 6.26 Å². The van der Waals surface area contributed by atoms with Gasteiger partial charge < -0.3 is 10.5 Å². The lowest BCUT2D eigenvalue weighted by Crippen LogP contribution is -2.00. The van der Waals surface area contributed by atoms with Crippen molar-refractivity contribution >= 4 is 15.5 Å². The van der Waals surface area contributed by atoms with Gasteiger partial charge in [0.2, 0.25) is 0 Å². The highest BCUT2D eigenvalue weighted by Gasteiger charge is 2.14. The average molecular weight is 263 g/mol. The Morgan fingerprint density at radius 1 is 1.06 bits per heavy atom. The summed E-state index contributed by atoms with van der Waals surface area (Å²) in [5.74, 6) is 0.803. The molecule has 5 heteroatoms. The maximum absolute atomic E-state index is 11.6. The smallest absolute Gasteiger partial charge is 0.179 e. The Kier molecular flexibility index (Phi) is 3.25. The van der Waals surface area contributed by atoms with E-state index in [1.807, 2.05) is 0 Å². The first-order chi connectivity index (χ1) is 8.47. The third kappa shape index (κ3) is 2.81. The molecule has 0 spiro atoms. The Labute approximate surface area is 106 Å². The van der Waals surface area contributed by atoms with E-state index >= 15 is 0 Å². The number of ether oxygens (including phenoxy) is 1. The highest BCUT2D eigenvalue weighted by Crippen LogP contribution is 2.29. The quantitative estimate of drug-likeness (QED) is 0.864. The molecular weight excluding hydrogens is 250 g/mol. The Morgan fingerprint density at radius 3 is 2.44 bits per heavy atom. The van der Waals surface area contributed by atoms with E-state index in [1.54, 1.807) is 42.5 Å². The molecule has 94 valence electrons. The van der Waals surface area contributed by atoms with Gasteiger partial charge in [0, 0.05) is 18.0 Å². The molecule has 2 aromatic rings. The monoisotopic (exact) mass is 263 g/mol. The first-order valence-corrected chi connectivity index (χ1v) is 7.18. The van der Waals surface area contributed by atoms with Gasteiger partial charge in [0.05, 0.1) is 0 Å². The van der Waals surface area contributed by atoms with Crippen LogP contribution in [0.5, 0.6) is 11.5 Å². The van der Waals surface area contributed by atoms with E-state index in [9.17, 15) is 8.42 Å². The zero-order valence-electron chi connectivity index (χ0n) is 9.83. The van der Waals surface area contributed by atoms with Gasteiger partial charge in [-0.05, 0) is 24.3 Å². The van der Waals surface area contributed by atoms with Crippen LogP contribution in [0, 0.1) is 0 Å². The lowest BCUT2D eigenvalue weighted by molar-refractivity contribution is 0.468. The molecule has 2 rings (SSSR count). The van der Waals surface area contributed by atoms with Crippen molar-refractivity contribution in [3.63, 3.8) is 0 Å². The predicted octanol–water partition coefficient (Wildman–Crippen LogP) is 2.46. The summed E-state index contributed by atoms with van der Waals surface area (Å²) < 4.78 is 28.8. The first-order valence-electron chi connectivity index (χ1n) is 5.29. The highest BCUT2D eigenvalue weighted by atomic mass is 32.2. The molecule has 0 saturated heterocycles. The van der Waals surface area contributed by atoms with Crippen molar-refractivity contribution in [2.75, 3.05) is 12.0 Å². The third-order valence-electron chi connectivity index (χ3n) is 2.33. The van der Waals surface area contributed by atoms with Crippen LogP contribution >= 0.6 is 0 Å². The first kappa shape index (κ1) is 12.4. The van der Waals surface area contributed by atoms with Gasteiger partial charge in [0.25, 0.3) is 0 Å². The molecule has 0 amide bonds. The molecule has 0 aliphatic heterocycles. The van der Waals surface area contributed by atoms with E-state index in [-0.39, 0.29) is 4.90 Å². The summed E-state index contributed by atoms with van der Waals surface area (Å²) in [6.45, 7) is 0. The number of hydrogen-bond donors (Lipinski definition) is 1. The third-order valence-corrected chi connectivity index (χ3v) is 3.47. The lowest BCUT2D eigenvalue weighted by atomic mass is 10.3. The van der Waals surface area contributed by atoms with Crippen molar-refractivity contribution < 1.29 is 13.2 Å². The standard InChI is InChI=1S/C13H13NO3S/c1-18(15,16)13-8-3-2-7-12(13)17-11-6-4-5-10(14)9-11/h2-9H,14H2,1H3. The topological polar surface area (TPSA) is 69.4 Å². The number of para-hydroxylation sites is 1. The van der Waals surface area contributed by atoms with Crippen molar-refractivity contribution in [3.05, 3.63) is 48.5 Å². The van der Waals surface area contributed by atoms with Gasteiger partial charge >= 0.3 is 0 Å². The van der Waals surface area contributed by atoms with E-state index < -0.39 is 9.84 Å². The maximum atomic E-state index is 11.6. The molecule has 0 aliphatic rings. The molecule has 18 heavy (non-hydrogen) atoms. The van der Waals surface area contributed by atoms with Crippen LogP contribution in [0.2, 0.25) is 0 Å². The highest BCUT2D eigenvalue weighted by molar-refractivity contribution is 7.90. The summed E-state index contributed by atoms with van der Waals surface area (Å²) in [6.07, 6.45) is 1.15. The molecule has 0 bridgehead atoms. The second-order valence-electron chi connectivity index (χ2n) is 3.89. The van der Waals surface area contributed by atoms with Crippen LogP contribution < -0.4 is 10.5 Å². The Balaban J connectivity index is 2.41. The fourth-order valence-electron chi connectivity index (χ4n) is 1.55. The number of nitrogens with two attached hydrogens (primary N) is 1. The van der Waals surface area contributed by atoms with Crippen LogP contribution in [0.1, 0.15) is 0 Å². The van der Waals surface area contributed by atoms with E-state index in [2.05, 4.69) is 0 Å². The van der Waals surface area contributed by atoms with Crippen molar-refractivity contribution in [1.82, 2.24) is 0 Å². The molecule has 0 heterocycles. The largest absolute Gasteiger partial charge is 0.456 e. The van der Waals surface area contributed by atoms with Gasteiger partial charge in [-0.2, -0.15) is 0 Å². The fourth-order valence-corrected chi connectivity index (χ4v) is 2.35. The van der Waals surface area contributed by atoms with Crippen molar-refractivity contribution in [2.45, 2.75) is 4.90 Å². The minimum absolute atomic E-state index is 0.160. The van der Waals surface area contributed by atoms with Gasteiger partial charge in [0.15, 0.2) is 9.84 Å². The summed E-state index contributed by atoms with van der Waals surface area (Å²) >= 11 is 0. The SMILES string of the molecule is CS(=O)(=O)c1ccccc1Oc1cccc(N)c1. The number of nitrogen functional groups attached to an aromatic ring is 1. The molecule has 0 atom stereocenters. The van der Waals surface area contributed by atoms with Gasteiger partial charge in [0.1, 0.15) is 16.4 Å². The summed E-state index contributed by atoms with van der Waals surface area (Å²) in [6, 6.07) is 13.3. The number of rotatable bonds is 3. The van der Waals surface area contributed by atoms with E-state index in [0.29, 0.717) is 17.2 Å². The summed E-state index contributed by atoms with van der Waals surface area (Å²) in [5, 5.41) is 0. The molecule has 0 fully saturated rings. The molecule has 0 radical (unpaired) electrons. The van der Waals surface area contributed by atoms with E-state index in [1.165, 1.54) is 6.07 Å². The summed E-state index contributed by atoms with van der Waals surface area (Å²) in [5.41, 5.74) is 6.20. The number of benzene rings is 2. The summed E-state index contributed by atoms with van der Waals surface area (Å²) in [7, 11) is -3.32. The molecule has 0 saturated carbocycles. The minimum Gasteiger partial charge on any atom is -0.456 e. The van der Waals surface area contributed by atoms with Crippen LogP contribution in [-0.2, 0) is 9.84 Å². The normalized spacial score (nSPS) is 11.2. The molecular formula is C13H13NO3S. The molecule has 0 aromatic heterocycles. The lowest BCUT2D eigenvalue weighted by Gasteiger charge is -2.10. The predicted molar refractivity (Wildman–Crippen MR) is 70.5 cm³/mol. The Morgan fingerprint density at radius 2 is 1.78 bits per heavy atom. The minimum atomic E-state index is -3.32. The molecule has 2 aromatic carbocycles. The molecule has 2 N–H and O–H groups in total. The molecule has 0 unspecified atom stereocenters. The van der Waals surface area contributed by atoms with Crippen LogP contribution in [0.25, 0.3) is 0 Å². The van der Waals surface area contributed by atoms with Crippen LogP contribution in [0.3, 0.4) is 0 Å².